The number of nitrogens with zero attached hydrogens (tertiary/aromatic N) is 2. The van der Waals surface area contributed by atoms with Crippen molar-refractivity contribution in [2.24, 2.45) is 0 Å². The van der Waals surface area contributed by atoms with Crippen LogP contribution < -0.4 is 0 Å². The molecular formula is C22H28FN3O4S. The highest BCUT2D eigenvalue weighted by Crippen LogP contribution is 2.22. The fourth-order valence-corrected chi connectivity index (χ4v) is 5.60. The van der Waals surface area contributed by atoms with Gasteiger partial charge in [-0.05, 0) is 63.1 Å². The van der Waals surface area contributed by atoms with Gasteiger partial charge in [0.15, 0.2) is 11.6 Å². The number of aromatic nitrogens is 1. The third-order valence-electron chi connectivity index (χ3n) is 5.64. The monoisotopic (exact) mass is 449 g/mol. The average Bonchev–Trinajstić information content (AvgIpc) is 2.89. The molecule has 1 aromatic heterocycles. The smallest absolute Gasteiger partial charge is 0.243 e. The maximum absolute atomic E-state index is 13.2. The summed E-state index contributed by atoms with van der Waals surface area (Å²) in [5, 5.41) is 0. The Labute approximate surface area is 182 Å². The van der Waals surface area contributed by atoms with Crippen molar-refractivity contribution in [1.29, 1.82) is 0 Å². The number of H-pyrrole nitrogens is 1. The third kappa shape index (κ3) is 4.94. The lowest BCUT2D eigenvalue weighted by atomic mass is 10.0. The van der Waals surface area contributed by atoms with Crippen molar-refractivity contribution < 1.29 is 22.4 Å². The number of hydrogen-bond acceptors (Lipinski definition) is 5. The van der Waals surface area contributed by atoms with Gasteiger partial charge in [0, 0.05) is 30.9 Å². The van der Waals surface area contributed by atoms with E-state index in [1.807, 2.05) is 11.8 Å². The van der Waals surface area contributed by atoms with E-state index >= 15 is 0 Å². The van der Waals surface area contributed by atoms with Gasteiger partial charge in [0.1, 0.15) is 5.82 Å². The highest BCUT2D eigenvalue weighted by molar-refractivity contribution is 7.89. The molecule has 7 nitrogen and oxygen atoms in total. The summed E-state index contributed by atoms with van der Waals surface area (Å²) in [5.41, 5.74) is 2.48. The van der Waals surface area contributed by atoms with Gasteiger partial charge in [-0.3, -0.25) is 14.5 Å². The number of aryl methyl sites for hydroxylation is 1. The summed E-state index contributed by atoms with van der Waals surface area (Å²) in [6.45, 7) is 6.92. The van der Waals surface area contributed by atoms with Crippen molar-refractivity contribution in [2.45, 2.75) is 38.5 Å². The molecule has 1 N–H and O–H groups in total. The molecule has 0 amide bonds. The number of Topliss-reactive ketones (excluding diaryl/α,β-unsaturated/α-hetero) is 2. The molecule has 1 aliphatic heterocycles. The topological polar surface area (TPSA) is 90.6 Å². The second kappa shape index (κ2) is 9.42. The Morgan fingerprint density at radius 1 is 1.10 bits per heavy atom. The van der Waals surface area contributed by atoms with Crippen LogP contribution in [0.3, 0.4) is 0 Å². The number of sulfonamides is 1. The van der Waals surface area contributed by atoms with Gasteiger partial charge in [-0.1, -0.05) is 6.92 Å². The van der Waals surface area contributed by atoms with E-state index in [0.29, 0.717) is 49.4 Å². The number of hydrogen-bond donors (Lipinski definition) is 1. The molecule has 1 fully saturated rings. The first-order chi connectivity index (χ1) is 14.6. The van der Waals surface area contributed by atoms with Crippen LogP contribution in [0, 0.1) is 12.7 Å². The second-order valence-corrected chi connectivity index (χ2v) is 9.74. The van der Waals surface area contributed by atoms with Gasteiger partial charge in [-0.25, -0.2) is 12.8 Å². The number of halogens is 1. The minimum absolute atomic E-state index is 0.0598. The summed E-state index contributed by atoms with van der Waals surface area (Å²) >= 11 is 0. The van der Waals surface area contributed by atoms with Crippen LogP contribution in [0.4, 0.5) is 4.39 Å². The summed E-state index contributed by atoms with van der Waals surface area (Å²) in [4.78, 5) is 30.0. The number of carbonyl (C=O) groups is 2. The zero-order chi connectivity index (χ0) is 22.8. The van der Waals surface area contributed by atoms with Crippen LogP contribution in [0.25, 0.3) is 0 Å². The Morgan fingerprint density at radius 2 is 1.77 bits per heavy atom. The van der Waals surface area contributed by atoms with E-state index in [1.165, 1.54) is 23.4 Å². The van der Waals surface area contributed by atoms with Crippen LogP contribution in [-0.2, 0) is 16.4 Å². The maximum Gasteiger partial charge on any atom is 0.243 e. The SMILES string of the molecule is CCc1c(C(=O)CN2CCCN(S(=O)(=O)c3ccc(F)cc3)CC2)[nH]c(C)c1C(C)=O. The van der Waals surface area contributed by atoms with E-state index in [1.54, 1.807) is 6.92 Å². The zero-order valence-electron chi connectivity index (χ0n) is 18.1. The maximum atomic E-state index is 13.2. The first kappa shape index (κ1) is 23.3. The number of carbonyl (C=O) groups excluding carboxylic acids is 2. The van der Waals surface area contributed by atoms with Crippen molar-refractivity contribution in [3.8, 4) is 0 Å². The van der Waals surface area contributed by atoms with Crippen LogP contribution in [0.5, 0.6) is 0 Å². The summed E-state index contributed by atoms with van der Waals surface area (Å²) in [5.74, 6) is -0.665. The molecule has 0 spiro atoms. The lowest BCUT2D eigenvalue weighted by Crippen LogP contribution is -2.37. The minimum atomic E-state index is -3.72. The van der Waals surface area contributed by atoms with Gasteiger partial charge in [-0.15, -0.1) is 0 Å². The Morgan fingerprint density at radius 3 is 2.39 bits per heavy atom. The van der Waals surface area contributed by atoms with Gasteiger partial charge in [0.2, 0.25) is 10.0 Å². The average molecular weight is 450 g/mol. The van der Waals surface area contributed by atoms with Crippen LogP contribution in [0.15, 0.2) is 29.2 Å². The molecule has 1 aliphatic rings. The standard InChI is InChI=1S/C22H28FN3O4S/c1-4-19-21(16(3)27)15(2)24-22(19)20(28)14-25-10-5-11-26(13-12-25)31(29,30)18-8-6-17(23)7-9-18/h6-9,24H,4-5,10-14H2,1-3H3. The van der Waals surface area contributed by atoms with Gasteiger partial charge in [0.25, 0.3) is 0 Å². The van der Waals surface area contributed by atoms with E-state index in [4.69, 9.17) is 0 Å². The Hall–Kier alpha value is -2.36. The molecule has 2 heterocycles. The fraction of sp³-hybridized carbons (Fsp3) is 0.455. The number of nitrogens with one attached hydrogen (secondary N) is 1. The Bertz CT molecular complexity index is 1080. The van der Waals surface area contributed by atoms with Gasteiger partial charge in [-0.2, -0.15) is 4.31 Å². The van der Waals surface area contributed by atoms with Crippen LogP contribution in [0.2, 0.25) is 0 Å². The van der Waals surface area contributed by atoms with Crippen LogP contribution >= 0.6 is 0 Å². The van der Waals surface area contributed by atoms with Crippen LogP contribution in [0.1, 0.15) is 52.4 Å². The number of ketones is 2. The number of benzene rings is 1. The minimum Gasteiger partial charge on any atom is -0.355 e. The molecule has 1 aromatic carbocycles. The van der Waals surface area contributed by atoms with E-state index in [9.17, 15) is 22.4 Å². The first-order valence-corrected chi connectivity index (χ1v) is 11.8. The van der Waals surface area contributed by atoms with Crippen molar-refractivity contribution in [2.75, 3.05) is 32.7 Å². The summed E-state index contributed by atoms with van der Waals surface area (Å²) in [6, 6.07) is 4.80. The van der Waals surface area contributed by atoms with Gasteiger partial charge >= 0.3 is 0 Å². The molecule has 31 heavy (non-hydrogen) atoms. The zero-order valence-corrected chi connectivity index (χ0v) is 18.9. The number of aromatic amines is 1. The van der Waals surface area contributed by atoms with Gasteiger partial charge in [0.05, 0.1) is 17.1 Å². The molecule has 0 saturated carbocycles. The predicted molar refractivity (Wildman–Crippen MR) is 115 cm³/mol. The highest BCUT2D eigenvalue weighted by Gasteiger charge is 2.28. The van der Waals surface area contributed by atoms with E-state index in [2.05, 4.69) is 4.98 Å². The molecule has 1 saturated heterocycles. The molecule has 0 aliphatic carbocycles. The molecule has 168 valence electrons. The van der Waals surface area contributed by atoms with E-state index in [0.717, 1.165) is 17.7 Å². The largest absolute Gasteiger partial charge is 0.355 e. The fourth-order valence-electron chi connectivity index (χ4n) is 4.13. The molecular weight excluding hydrogens is 421 g/mol. The number of rotatable bonds is 7. The molecule has 0 atom stereocenters. The van der Waals surface area contributed by atoms with E-state index in [-0.39, 0.29) is 29.6 Å². The quantitative estimate of drug-likeness (QED) is 0.657. The Kier molecular flexibility index (Phi) is 7.08. The lowest BCUT2D eigenvalue weighted by Gasteiger charge is -2.21. The van der Waals surface area contributed by atoms with Gasteiger partial charge < -0.3 is 4.98 Å². The molecule has 0 bridgehead atoms. The molecule has 0 unspecified atom stereocenters. The predicted octanol–water partition coefficient (Wildman–Crippen LogP) is 2.81. The Balaban J connectivity index is 1.71. The first-order valence-electron chi connectivity index (χ1n) is 10.4. The molecule has 2 aromatic rings. The third-order valence-corrected chi connectivity index (χ3v) is 7.55. The van der Waals surface area contributed by atoms with Crippen molar-refractivity contribution >= 4 is 21.6 Å². The van der Waals surface area contributed by atoms with Crippen molar-refractivity contribution in [1.82, 2.24) is 14.2 Å². The molecule has 9 heteroatoms. The van der Waals surface area contributed by atoms with Crippen molar-refractivity contribution in [3.05, 3.63) is 52.6 Å². The van der Waals surface area contributed by atoms with Crippen LogP contribution in [-0.4, -0.2) is 66.9 Å². The normalized spacial score (nSPS) is 16.3. The summed E-state index contributed by atoms with van der Waals surface area (Å²) in [6.07, 6.45) is 1.15. The van der Waals surface area contributed by atoms with Crippen molar-refractivity contribution in [3.63, 3.8) is 0 Å². The van der Waals surface area contributed by atoms with E-state index < -0.39 is 15.8 Å². The summed E-state index contributed by atoms with van der Waals surface area (Å²) < 4.78 is 40.3. The molecule has 0 radical (unpaired) electrons. The summed E-state index contributed by atoms with van der Waals surface area (Å²) in [7, 11) is -3.72. The molecule has 3 rings (SSSR count). The highest BCUT2D eigenvalue weighted by atomic mass is 32.2. The second-order valence-electron chi connectivity index (χ2n) is 7.80. The lowest BCUT2D eigenvalue weighted by molar-refractivity contribution is 0.0929.